The van der Waals surface area contributed by atoms with Crippen molar-refractivity contribution in [3.63, 3.8) is 0 Å². The lowest BCUT2D eigenvalue weighted by molar-refractivity contribution is -0.142. The van der Waals surface area contributed by atoms with E-state index in [4.69, 9.17) is 27.9 Å². The van der Waals surface area contributed by atoms with Crippen LogP contribution in [0.25, 0.3) is 0 Å². The summed E-state index contributed by atoms with van der Waals surface area (Å²) in [6, 6.07) is 11.6. The largest absolute Gasteiger partial charge is 0.483 e. The zero-order chi connectivity index (χ0) is 20.7. The summed E-state index contributed by atoms with van der Waals surface area (Å²) >= 11 is 15.5. The second-order valence-corrected chi connectivity index (χ2v) is 7.71. The number of ether oxygens (including phenoxy) is 1. The molecular formula is C20H21BrCl2N2O3. The van der Waals surface area contributed by atoms with Gasteiger partial charge in [-0.3, -0.25) is 9.59 Å². The SMILES string of the molecule is CC[C@@H](C(=O)NC)N(Cc1ccccc1Cl)C(=O)COc1ccc(Cl)cc1Br. The second kappa shape index (κ2) is 10.7. The first kappa shape index (κ1) is 22.5. The first-order valence-electron chi connectivity index (χ1n) is 8.69. The molecule has 0 fully saturated rings. The van der Waals surface area contributed by atoms with Crippen molar-refractivity contribution in [2.45, 2.75) is 25.9 Å². The summed E-state index contributed by atoms with van der Waals surface area (Å²) in [6.07, 6.45) is 0.459. The van der Waals surface area contributed by atoms with Gasteiger partial charge < -0.3 is 15.0 Å². The van der Waals surface area contributed by atoms with Crippen LogP contribution < -0.4 is 10.1 Å². The third-order valence-corrected chi connectivity index (χ3v) is 5.40. The first-order chi connectivity index (χ1) is 13.4. The Bertz CT molecular complexity index is 848. The molecule has 2 rings (SSSR count). The number of halogens is 3. The Morgan fingerprint density at radius 2 is 1.93 bits per heavy atom. The maximum absolute atomic E-state index is 13.0. The Morgan fingerprint density at radius 3 is 2.54 bits per heavy atom. The van der Waals surface area contributed by atoms with E-state index in [-0.39, 0.29) is 25.0 Å². The third kappa shape index (κ3) is 5.87. The minimum Gasteiger partial charge on any atom is -0.483 e. The highest BCUT2D eigenvalue weighted by atomic mass is 79.9. The highest BCUT2D eigenvalue weighted by molar-refractivity contribution is 9.10. The zero-order valence-corrected chi connectivity index (χ0v) is 18.6. The van der Waals surface area contributed by atoms with Crippen molar-refractivity contribution >= 4 is 50.9 Å². The minimum absolute atomic E-state index is 0.204. The summed E-state index contributed by atoms with van der Waals surface area (Å²) in [5.41, 5.74) is 0.757. The van der Waals surface area contributed by atoms with Gasteiger partial charge in [-0.05, 0) is 52.2 Å². The second-order valence-electron chi connectivity index (χ2n) is 6.01. The van der Waals surface area contributed by atoms with Crippen LogP contribution in [0.2, 0.25) is 10.0 Å². The zero-order valence-electron chi connectivity index (χ0n) is 15.5. The fourth-order valence-corrected chi connectivity index (χ4v) is 3.70. The predicted molar refractivity (Wildman–Crippen MR) is 115 cm³/mol. The molecule has 0 unspecified atom stereocenters. The lowest BCUT2D eigenvalue weighted by Gasteiger charge is -2.30. The van der Waals surface area contributed by atoms with Crippen molar-refractivity contribution in [2.24, 2.45) is 0 Å². The molecule has 0 aliphatic rings. The summed E-state index contributed by atoms with van der Waals surface area (Å²) in [5, 5.41) is 3.70. The van der Waals surface area contributed by atoms with Crippen molar-refractivity contribution in [1.29, 1.82) is 0 Å². The molecule has 1 N–H and O–H groups in total. The van der Waals surface area contributed by atoms with E-state index in [1.54, 1.807) is 31.3 Å². The van der Waals surface area contributed by atoms with Gasteiger partial charge in [0.2, 0.25) is 5.91 Å². The number of likely N-dealkylation sites (N-methyl/N-ethyl adjacent to an activating group) is 1. The molecule has 2 aromatic rings. The van der Waals surface area contributed by atoms with Crippen LogP contribution >= 0.6 is 39.1 Å². The molecule has 5 nitrogen and oxygen atoms in total. The number of hydrogen-bond donors (Lipinski definition) is 1. The van der Waals surface area contributed by atoms with E-state index in [0.29, 0.717) is 26.7 Å². The minimum atomic E-state index is -0.633. The van der Waals surface area contributed by atoms with Gasteiger partial charge in [-0.2, -0.15) is 0 Å². The number of nitrogens with zero attached hydrogens (tertiary/aromatic N) is 1. The number of nitrogens with one attached hydrogen (secondary N) is 1. The van der Waals surface area contributed by atoms with Gasteiger partial charge in [0.05, 0.1) is 4.47 Å². The van der Waals surface area contributed by atoms with Gasteiger partial charge in [0.25, 0.3) is 5.91 Å². The van der Waals surface area contributed by atoms with Crippen molar-refractivity contribution in [1.82, 2.24) is 10.2 Å². The fraction of sp³-hybridized carbons (Fsp3) is 0.300. The van der Waals surface area contributed by atoms with E-state index >= 15 is 0 Å². The maximum atomic E-state index is 13.0. The summed E-state index contributed by atoms with van der Waals surface area (Å²) in [4.78, 5) is 26.8. The van der Waals surface area contributed by atoms with Crippen LogP contribution in [-0.4, -0.2) is 36.4 Å². The van der Waals surface area contributed by atoms with Crippen LogP contribution in [-0.2, 0) is 16.1 Å². The van der Waals surface area contributed by atoms with E-state index in [9.17, 15) is 9.59 Å². The fourth-order valence-electron chi connectivity index (χ4n) is 2.71. The van der Waals surface area contributed by atoms with Crippen molar-refractivity contribution in [3.8, 4) is 5.75 Å². The Kier molecular flexibility index (Phi) is 8.60. The summed E-state index contributed by atoms with van der Waals surface area (Å²) in [6.45, 7) is 1.83. The van der Waals surface area contributed by atoms with Crippen LogP contribution in [0.5, 0.6) is 5.75 Å². The lowest BCUT2D eigenvalue weighted by Crippen LogP contribution is -2.49. The molecule has 0 radical (unpaired) electrons. The van der Waals surface area contributed by atoms with E-state index in [1.807, 2.05) is 25.1 Å². The number of amides is 2. The molecule has 0 saturated carbocycles. The number of carbonyl (C=O) groups is 2. The van der Waals surface area contributed by atoms with Gasteiger partial charge in [-0.25, -0.2) is 0 Å². The Balaban J connectivity index is 2.22. The topological polar surface area (TPSA) is 58.6 Å². The number of hydrogen-bond acceptors (Lipinski definition) is 3. The smallest absolute Gasteiger partial charge is 0.261 e. The molecule has 28 heavy (non-hydrogen) atoms. The van der Waals surface area contributed by atoms with Crippen LogP contribution in [0.1, 0.15) is 18.9 Å². The maximum Gasteiger partial charge on any atom is 0.261 e. The molecule has 0 bridgehead atoms. The van der Waals surface area contributed by atoms with Crippen molar-refractivity contribution in [3.05, 3.63) is 62.5 Å². The molecule has 0 aliphatic carbocycles. The molecule has 0 aromatic heterocycles. The molecule has 2 aromatic carbocycles. The first-order valence-corrected chi connectivity index (χ1v) is 10.2. The van der Waals surface area contributed by atoms with Crippen molar-refractivity contribution < 1.29 is 14.3 Å². The van der Waals surface area contributed by atoms with E-state index in [0.717, 1.165) is 5.56 Å². The van der Waals surface area contributed by atoms with Crippen LogP contribution in [0.15, 0.2) is 46.9 Å². The number of rotatable bonds is 8. The van der Waals surface area contributed by atoms with Gasteiger partial charge in [-0.1, -0.05) is 48.3 Å². The lowest BCUT2D eigenvalue weighted by atomic mass is 10.1. The molecule has 0 heterocycles. The highest BCUT2D eigenvalue weighted by Crippen LogP contribution is 2.28. The molecular weight excluding hydrogens is 467 g/mol. The van der Waals surface area contributed by atoms with Gasteiger partial charge in [0.1, 0.15) is 11.8 Å². The molecule has 0 spiro atoms. The standard InChI is InChI=1S/C20H21BrCl2N2O3/c1-3-17(20(27)24-2)25(11-13-6-4-5-7-16(13)23)19(26)12-28-18-9-8-14(22)10-15(18)21/h4-10,17H,3,11-12H2,1-2H3,(H,24,27)/t17-/m0/s1. The van der Waals surface area contributed by atoms with Gasteiger partial charge >= 0.3 is 0 Å². The normalized spacial score (nSPS) is 11.6. The van der Waals surface area contributed by atoms with Crippen LogP contribution in [0.3, 0.4) is 0 Å². The van der Waals surface area contributed by atoms with Crippen LogP contribution in [0.4, 0.5) is 0 Å². The Hall–Kier alpha value is -1.76. The van der Waals surface area contributed by atoms with E-state index in [2.05, 4.69) is 21.2 Å². The van der Waals surface area contributed by atoms with Crippen LogP contribution in [0, 0.1) is 0 Å². The molecule has 8 heteroatoms. The molecule has 150 valence electrons. The van der Waals surface area contributed by atoms with Gasteiger partial charge in [0, 0.05) is 23.6 Å². The van der Waals surface area contributed by atoms with Gasteiger partial charge in [0.15, 0.2) is 6.61 Å². The Morgan fingerprint density at radius 1 is 1.21 bits per heavy atom. The summed E-state index contributed by atoms with van der Waals surface area (Å²) < 4.78 is 6.29. The number of carbonyl (C=O) groups excluding carboxylic acids is 2. The average Bonchev–Trinajstić information content (AvgIpc) is 2.68. The van der Waals surface area contributed by atoms with E-state index < -0.39 is 6.04 Å². The van der Waals surface area contributed by atoms with Crippen molar-refractivity contribution in [2.75, 3.05) is 13.7 Å². The monoisotopic (exact) mass is 486 g/mol. The average molecular weight is 488 g/mol. The summed E-state index contributed by atoms with van der Waals surface area (Å²) in [5.74, 6) is -0.0729. The predicted octanol–water partition coefficient (Wildman–Crippen LogP) is 4.69. The number of benzene rings is 2. The Labute approximate surface area is 183 Å². The van der Waals surface area contributed by atoms with Gasteiger partial charge in [-0.15, -0.1) is 0 Å². The van der Waals surface area contributed by atoms with E-state index in [1.165, 1.54) is 4.90 Å². The molecule has 0 saturated heterocycles. The highest BCUT2D eigenvalue weighted by Gasteiger charge is 2.28. The molecule has 0 aliphatic heterocycles. The quantitative estimate of drug-likeness (QED) is 0.587. The molecule has 2 amide bonds. The third-order valence-electron chi connectivity index (χ3n) is 4.18. The summed E-state index contributed by atoms with van der Waals surface area (Å²) in [7, 11) is 1.55. The molecule has 1 atom stereocenters.